The van der Waals surface area contributed by atoms with Gasteiger partial charge in [0.05, 0.1) is 5.56 Å². The van der Waals surface area contributed by atoms with Crippen LogP contribution in [0.25, 0.3) is 0 Å². The SMILES string of the molecule is O=C1NCc2c(S)cc(O)c(O)c21. The van der Waals surface area contributed by atoms with Gasteiger partial charge in [-0.1, -0.05) is 0 Å². The molecule has 1 amide bonds. The Balaban J connectivity index is 2.77. The molecule has 0 aromatic heterocycles. The number of hydrogen-bond acceptors (Lipinski definition) is 4. The minimum Gasteiger partial charge on any atom is -0.504 e. The summed E-state index contributed by atoms with van der Waals surface area (Å²) >= 11 is 4.08. The monoisotopic (exact) mass is 197 g/mol. The third-order valence-corrected chi connectivity index (χ3v) is 2.42. The lowest BCUT2D eigenvalue weighted by Crippen LogP contribution is -2.12. The smallest absolute Gasteiger partial charge is 0.255 e. The molecule has 0 spiro atoms. The fraction of sp³-hybridized carbons (Fsp3) is 0.125. The first-order chi connectivity index (χ1) is 6.11. The van der Waals surface area contributed by atoms with Gasteiger partial charge in [0.2, 0.25) is 0 Å². The second-order valence-electron chi connectivity index (χ2n) is 2.80. The van der Waals surface area contributed by atoms with E-state index in [2.05, 4.69) is 17.9 Å². The molecule has 0 saturated carbocycles. The predicted molar refractivity (Wildman–Crippen MR) is 48.2 cm³/mol. The molecule has 4 nitrogen and oxygen atoms in total. The van der Waals surface area contributed by atoms with Crippen LogP contribution in [0.15, 0.2) is 11.0 Å². The molecule has 0 fully saturated rings. The number of phenolic OH excluding ortho intramolecular Hbond substituents is 2. The van der Waals surface area contributed by atoms with Crippen LogP contribution in [0.3, 0.4) is 0 Å². The Bertz CT molecular complexity index is 403. The van der Waals surface area contributed by atoms with Crippen molar-refractivity contribution in [3.05, 3.63) is 17.2 Å². The summed E-state index contributed by atoms with van der Waals surface area (Å²) in [5.41, 5.74) is 0.758. The van der Waals surface area contributed by atoms with E-state index < -0.39 is 0 Å². The standard InChI is InChI=1S/C8H7NO3S/c10-4-1-5(13)3-2-9-8(12)6(3)7(4)11/h1,10-11,13H,2H2,(H,9,12). The zero-order chi connectivity index (χ0) is 9.59. The van der Waals surface area contributed by atoms with Gasteiger partial charge in [-0.15, -0.1) is 12.6 Å². The molecule has 1 aliphatic rings. The molecule has 13 heavy (non-hydrogen) atoms. The molecule has 0 aliphatic carbocycles. The average Bonchev–Trinajstić information content (AvgIpc) is 2.44. The first kappa shape index (κ1) is 8.25. The summed E-state index contributed by atoms with van der Waals surface area (Å²) in [5, 5.41) is 21.1. The molecule has 1 aromatic carbocycles. The topological polar surface area (TPSA) is 69.6 Å². The first-order valence-corrected chi connectivity index (χ1v) is 4.11. The fourth-order valence-electron chi connectivity index (χ4n) is 1.36. The molecule has 1 aromatic rings. The molecule has 0 bridgehead atoms. The van der Waals surface area contributed by atoms with Crippen LogP contribution in [0.4, 0.5) is 0 Å². The van der Waals surface area contributed by atoms with Crippen LogP contribution in [0, 0.1) is 0 Å². The summed E-state index contributed by atoms with van der Waals surface area (Å²) in [5.74, 6) is -1.07. The van der Waals surface area contributed by atoms with Gasteiger partial charge in [0, 0.05) is 17.0 Å². The summed E-state index contributed by atoms with van der Waals surface area (Å²) < 4.78 is 0. The molecule has 0 atom stereocenters. The summed E-state index contributed by atoms with van der Waals surface area (Å²) in [4.78, 5) is 11.7. The van der Waals surface area contributed by atoms with Gasteiger partial charge in [-0.25, -0.2) is 0 Å². The number of carbonyl (C=O) groups is 1. The Labute approximate surface area is 79.6 Å². The quantitative estimate of drug-likeness (QED) is 0.364. The lowest BCUT2D eigenvalue weighted by Gasteiger charge is -2.04. The van der Waals surface area contributed by atoms with Crippen molar-refractivity contribution in [1.29, 1.82) is 0 Å². The number of carbonyl (C=O) groups excluding carboxylic acids is 1. The van der Waals surface area contributed by atoms with E-state index >= 15 is 0 Å². The van der Waals surface area contributed by atoms with Gasteiger partial charge < -0.3 is 15.5 Å². The zero-order valence-corrected chi connectivity index (χ0v) is 7.43. The lowest BCUT2D eigenvalue weighted by atomic mass is 10.1. The molecule has 0 radical (unpaired) electrons. The largest absolute Gasteiger partial charge is 0.504 e. The van der Waals surface area contributed by atoms with E-state index in [1.807, 2.05) is 0 Å². The zero-order valence-electron chi connectivity index (χ0n) is 6.53. The van der Waals surface area contributed by atoms with Gasteiger partial charge in [-0.05, 0) is 6.07 Å². The van der Waals surface area contributed by atoms with Crippen LogP contribution in [0.1, 0.15) is 15.9 Å². The highest BCUT2D eigenvalue weighted by atomic mass is 32.1. The van der Waals surface area contributed by atoms with Crippen LogP contribution >= 0.6 is 12.6 Å². The van der Waals surface area contributed by atoms with Gasteiger partial charge in [-0.2, -0.15) is 0 Å². The number of phenols is 2. The van der Waals surface area contributed by atoms with E-state index in [1.54, 1.807) is 0 Å². The van der Waals surface area contributed by atoms with E-state index in [-0.39, 0.29) is 23.0 Å². The first-order valence-electron chi connectivity index (χ1n) is 3.66. The van der Waals surface area contributed by atoms with Crippen LogP contribution in [-0.2, 0) is 6.54 Å². The van der Waals surface area contributed by atoms with Gasteiger partial charge in [0.25, 0.3) is 5.91 Å². The van der Waals surface area contributed by atoms with Crippen molar-refractivity contribution < 1.29 is 15.0 Å². The fourth-order valence-corrected chi connectivity index (χ4v) is 1.68. The Morgan fingerprint density at radius 1 is 1.46 bits per heavy atom. The van der Waals surface area contributed by atoms with Crippen LogP contribution < -0.4 is 5.32 Å². The van der Waals surface area contributed by atoms with Gasteiger partial charge in [-0.3, -0.25) is 4.79 Å². The Hall–Kier alpha value is -1.36. The highest BCUT2D eigenvalue weighted by molar-refractivity contribution is 7.80. The van der Waals surface area contributed by atoms with Crippen molar-refractivity contribution in [2.45, 2.75) is 11.4 Å². The van der Waals surface area contributed by atoms with Gasteiger partial charge >= 0.3 is 0 Å². The van der Waals surface area contributed by atoms with Crippen LogP contribution in [-0.4, -0.2) is 16.1 Å². The van der Waals surface area contributed by atoms with Crippen LogP contribution in [0.2, 0.25) is 0 Å². The number of nitrogens with one attached hydrogen (secondary N) is 1. The second-order valence-corrected chi connectivity index (χ2v) is 3.28. The van der Waals surface area contributed by atoms with Crippen molar-refractivity contribution in [1.82, 2.24) is 5.32 Å². The molecule has 0 saturated heterocycles. The van der Waals surface area contributed by atoms with Crippen LogP contribution in [0.5, 0.6) is 11.5 Å². The maximum absolute atomic E-state index is 11.2. The van der Waals surface area contributed by atoms with Crippen molar-refractivity contribution in [3.8, 4) is 11.5 Å². The van der Waals surface area contributed by atoms with E-state index in [0.29, 0.717) is 17.0 Å². The van der Waals surface area contributed by atoms with E-state index in [0.717, 1.165) is 0 Å². The van der Waals surface area contributed by atoms with Gasteiger partial charge in [0.15, 0.2) is 11.5 Å². The molecule has 5 heteroatoms. The van der Waals surface area contributed by atoms with E-state index in [9.17, 15) is 15.0 Å². The molecule has 68 valence electrons. The van der Waals surface area contributed by atoms with Crippen molar-refractivity contribution in [3.63, 3.8) is 0 Å². The molecular weight excluding hydrogens is 190 g/mol. The van der Waals surface area contributed by atoms with Gasteiger partial charge in [0.1, 0.15) is 0 Å². The molecule has 2 rings (SSSR count). The highest BCUT2D eigenvalue weighted by Gasteiger charge is 2.26. The van der Waals surface area contributed by atoms with E-state index in [4.69, 9.17) is 0 Å². The predicted octanol–water partition coefficient (Wildman–Crippen LogP) is 0.630. The average molecular weight is 197 g/mol. The number of thiol groups is 1. The molecular formula is C8H7NO3S. The number of aromatic hydroxyl groups is 2. The highest BCUT2D eigenvalue weighted by Crippen LogP contribution is 2.37. The minimum absolute atomic E-state index is 0.130. The summed E-state index contributed by atoms with van der Waals surface area (Å²) in [6.07, 6.45) is 0. The number of hydrogen-bond donors (Lipinski definition) is 4. The van der Waals surface area contributed by atoms with Crippen molar-refractivity contribution >= 4 is 18.5 Å². The summed E-state index contributed by atoms with van der Waals surface area (Å²) in [6, 6.07) is 1.32. The number of benzene rings is 1. The summed E-state index contributed by atoms with van der Waals surface area (Å²) in [6.45, 7) is 0.348. The lowest BCUT2D eigenvalue weighted by molar-refractivity contribution is 0.0963. The Morgan fingerprint density at radius 2 is 2.15 bits per heavy atom. The van der Waals surface area contributed by atoms with Crippen molar-refractivity contribution in [2.75, 3.05) is 0 Å². The number of amides is 1. The third kappa shape index (κ3) is 1.04. The van der Waals surface area contributed by atoms with Crippen molar-refractivity contribution in [2.24, 2.45) is 0 Å². The normalized spacial score (nSPS) is 14.1. The molecule has 0 unspecified atom stereocenters. The number of fused-ring (bicyclic) bond motifs is 1. The molecule has 1 heterocycles. The minimum atomic E-state index is -0.376. The maximum Gasteiger partial charge on any atom is 0.255 e. The second kappa shape index (κ2) is 2.56. The maximum atomic E-state index is 11.2. The Morgan fingerprint density at radius 3 is 2.85 bits per heavy atom. The number of rotatable bonds is 0. The third-order valence-electron chi connectivity index (χ3n) is 2.02. The van der Waals surface area contributed by atoms with E-state index in [1.165, 1.54) is 6.07 Å². The molecule has 3 N–H and O–H groups in total. The molecule has 1 aliphatic heterocycles. The summed E-state index contributed by atoms with van der Waals surface area (Å²) in [7, 11) is 0. The Kier molecular flexibility index (Phi) is 1.63.